The van der Waals surface area contributed by atoms with Crippen molar-refractivity contribution in [2.45, 2.75) is 24.2 Å². The Morgan fingerprint density at radius 3 is 2.38 bits per heavy atom. The topological polar surface area (TPSA) is 24.5 Å². The highest BCUT2D eigenvalue weighted by atomic mass is 79.9. The molecule has 2 aliphatic rings. The molecule has 3 aromatic rings. The van der Waals surface area contributed by atoms with Crippen LogP contribution in [0.15, 0.2) is 89.4 Å². The number of nitrogens with zero attached hydrogens (tertiary/aromatic N) is 1. The molecule has 2 heterocycles. The molecule has 1 spiro atoms. The van der Waals surface area contributed by atoms with Gasteiger partial charge in [0.25, 0.3) is 0 Å². The summed E-state index contributed by atoms with van der Waals surface area (Å²) in [6.07, 6.45) is 0. The Morgan fingerprint density at radius 2 is 1.62 bits per heavy atom. The van der Waals surface area contributed by atoms with E-state index in [9.17, 15) is 0 Å². The van der Waals surface area contributed by atoms with E-state index in [1.54, 1.807) is 0 Å². The number of hydrogen-bond donors (Lipinski definition) is 1. The summed E-state index contributed by atoms with van der Waals surface area (Å²) in [5.41, 5.74) is 3.61. The van der Waals surface area contributed by atoms with Crippen LogP contribution in [0.3, 0.4) is 0 Å². The molecule has 2 saturated heterocycles. The van der Waals surface area contributed by atoms with Gasteiger partial charge >= 0.3 is 0 Å². The quantitative estimate of drug-likeness (QED) is 0.600. The third kappa shape index (κ3) is 3.66. The predicted molar refractivity (Wildman–Crippen MR) is 120 cm³/mol. The average Bonchev–Trinajstić information content (AvgIpc) is 2.74. The highest BCUT2D eigenvalue weighted by Crippen LogP contribution is 2.52. The van der Waals surface area contributed by atoms with Crippen LogP contribution in [-0.2, 0) is 11.3 Å². The maximum Gasteiger partial charge on any atom is 0.141 e. The molecule has 4 heteroatoms. The molecule has 0 saturated carbocycles. The second kappa shape index (κ2) is 8.04. The van der Waals surface area contributed by atoms with Gasteiger partial charge in [0, 0.05) is 36.1 Å². The van der Waals surface area contributed by atoms with Crippen LogP contribution in [0.2, 0.25) is 0 Å². The highest BCUT2D eigenvalue weighted by Gasteiger charge is 2.57. The molecule has 0 amide bonds. The Labute approximate surface area is 180 Å². The summed E-state index contributed by atoms with van der Waals surface area (Å²) >= 11 is 3.75. The first kappa shape index (κ1) is 19.0. The molecule has 1 N–H and O–H groups in total. The zero-order valence-electron chi connectivity index (χ0n) is 16.3. The van der Waals surface area contributed by atoms with Crippen LogP contribution >= 0.6 is 15.9 Å². The van der Waals surface area contributed by atoms with Crippen molar-refractivity contribution >= 4 is 15.9 Å². The minimum absolute atomic E-state index is 0.227. The van der Waals surface area contributed by atoms with Gasteiger partial charge < -0.3 is 4.74 Å². The van der Waals surface area contributed by atoms with Crippen LogP contribution in [0.25, 0.3) is 0 Å². The zero-order valence-corrected chi connectivity index (χ0v) is 17.9. The fourth-order valence-corrected chi connectivity index (χ4v) is 5.31. The minimum atomic E-state index is -0.353. The molecule has 2 fully saturated rings. The summed E-state index contributed by atoms with van der Waals surface area (Å²) in [6.45, 7) is 3.53. The summed E-state index contributed by atoms with van der Waals surface area (Å²) in [5, 5.41) is 3.82. The normalized spacial score (nSPS) is 26.9. The lowest BCUT2D eigenvalue weighted by molar-refractivity contribution is -0.202. The van der Waals surface area contributed by atoms with Gasteiger partial charge in [-0.2, -0.15) is 0 Å². The molecule has 2 unspecified atom stereocenters. The molecule has 0 bridgehead atoms. The van der Waals surface area contributed by atoms with Gasteiger partial charge in [0.1, 0.15) is 5.72 Å². The molecule has 0 aromatic heterocycles. The van der Waals surface area contributed by atoms with Gasteiger partial charge in [-0.3, -0.25) is 10.2 Å². The smallest absolute Gasteiger partial charge is 0.141 e. The molecule has 29 heavy (non-hydrogen) atoms. The number of benzene rings is 3. The average molecular weight is 449 g/mol. The van der Waals surface area contributed by atoms with Gasteiger partial charge in [0.05, 0.1) is 6.61 Å². The number of ether oxygens (including phenoxy) is 1. The third-order valence-electron chi connectivity index (χ3n) is 6.11. The zero-order chi connectivity index (χ0) is 19.7. The van der Waals surface area contributed by atoms with Crippen molar-refractivity contribution in [2.24, 2.45) is 0 Å². The van der Waals surface area contributed by atoms with Crippen LogP contribution in [0.4, 0.5) is 0 Å². The van der Waals surface area contributed by atoms with E-state index in [1.807, 2.05) is 0 Å². The van der Waals surface area contributed by atoms with E-state index in [0.717, 1.165) is 30.7 Å². The lowest BCUT2D eigenvalue weighted by Gasteiger charge is -2.59. The van der Waals surface area contributed by atoms with Crippen LogP contribution in [0.1, 0.15) is 28.7 Å². The fraction of sp³-hybridized carbons (Fsp3) is 0.280. The second-order valence-electron chi connectivity index (χ2n) is 7.97. The standard InChI is InChI=1S/C25H25BrN2O/c26-22-14-8-7-13-21(22)24-23(20-11-5-2-6-12-20)25(27-24)18-28(15-16-29-25)17-19-9-3-1-4-10-19/h1-14,23-24,27H,15-18H2/t23?,24?,25-/m0/s1. The molecule has 3 nitrogen and oxygen atoms in total. The number of hydrogen-bond acceptors (Lipinski definition) is 3. The largest absolute Gasteiger partial charge is 0.357 e. The van der Waals surface area contributed by atoms with Crippen molar-refractivity contribution in [3.63, 3.8) is 0 Å². The third-order valence-corrected chi connectivity index (χ3v) is 6.83. The first-order valence-electron chi connectivity index (χ1n) is 10.2. The van der Waals surface area contributed by atoms with Gasteiger partial charge in [-0.15, -0.1) is 0 Å². The molecule has 3 aromatic carbocycles. The summed E-state index contributed by atoms with van der Waals surface area (Å²) in [7, 11) is 0. The van der Waals surface area contributed by atoms with Gasteiger partial charge in [-0.1, -0.05) is 94.8 Å². The Bertz CT molecular complexity index is 965. The van der Waals surface area contributed by atoms with E-state index in [2.05, 4.69) is 111 Å². The van der Waals surface area contributed by atoms with E-state index >= 15 is 0 Å². The predicted octanol–water partition coefficient (Wildman–Crippen LogP) is 5.11. The van der Waals surface area contributed by atoms with Crippen molar-refractivity contribution in [2.75, 3.05) is 19.7 Å². The molecular formula is C25H25BrN2O. The van der Waals surface area contributed by atoms with Gasteiger partial charge in [-0.25, -0.2) is 0 Å². The number of halogens is 1. The van der Waals surface area contributed by atoms with E-state index < -0.39 is 0 Å². The van der Waals surface area contributed by atoms with Crippen molar-refractivity contribution in [1.82, 2.24) is 10.2 Å². The van der Waals surface area contributed by atoms with Crippen molar-refractivity contribution in [3.8, 4) is 0 Å². The lowest BCUT2D eigenvalue weighted by atomic mass is 9.71. The lowest BCUT2D eigenvalue weighted by Crippen LogP contribution is -2.73. The Kier molecular flexibility index (Phi) is 5.27. The summed E-state index contributed by atoms with van der Waals surface area (Å²) in [5.74, 6) is 0.265. The van der Waals surface area contributed by atoms with Crippen LogP contribution in [0, 0.1) is 0 Å². The number of rotatable bonds is 4. The minimum Gasteiger partial charge on any atom is -0.357 e. The molecule has 5 rings (SSSR count). The molecular weight excluding hydrogens is 424 g/mol. The van der Waals surface area contributed by atoms with E-state index in [1.165, 1.54) is 16.7 Å². The van der Waals surface area contributed by atoms with E-state index in [-0.39, 0.29) is 17.7 Å². The number of nitrogens with one attached hydrogen (secondary N) is 1. The Morgan fingerprint density at radius 1 is 0.931 bits per heavy atom. The van der Waals surface area contributed by atoms with Gasteiger partial charge in [-0.05, 0) is 22.8 Å². The first-order chi connectivity index (χ1) is 14.3. The Hall–Kier alpha value is -1.98. The molecule has 2 aliphatic heterocycles. The second-order valence-corrected chi connectivity index (χ2v) is 8.82. The molecule has 0 aliphatic carbocycles. The molecule has 148 valence electrons. The monoisotopic (exact) mass is 448 g/mol. The van der Waals surface area contributed by atoms with Crippen molar-refractivity contribution in [3.05, 3.63) is 106 Å². The summed E-state index contributed by atoms with van der Waals surface area (Å²) < 4.78 is 7.60. The molecule has 0 radical (unpaired) electrons. The SMILES string of the molecule is Brc1ccccc1C1N[C@]2(CN(Cc3ccccc3)CCO2)C1c1ccccc1. The van der Waals surface area contributed by atoms with Crippen LogP contribution < -0.4 is 5.32 Å². The van der Waals surface area contributed by atoms with Crippen LogP contribution in [-0.4, -0.2) is 30.3 Å². The highest BCUT2D eigenvalue weighted by molar-refractivity contribution is 9.10. The van der Waals surface area contributed by atoms with Crippen LogP contribution in [0.5, 0.6) is 0 Å². The Balaban J connectivity index is 1.44. The fourth-order valence-electron chi connectivity index (χ4n) is 4.78. The first-order valence-corrected chi connectivity index (χ1v) is 11.0. The van der Waals surface area contributed by atoms with E-state index in [4.69, 9.17) is 4.74 Å². The summed E-state index contributed by atoms with van der Waals surface area (Å²) in [6, 6.07) is 30.2. The van der Waals surface area contributed by atoms with Crippen molar-refractivity contribution < 1.29 is 4.74 Å². The van der Waals surface area contributed by atoms with Gasteiger partial charge in [0.2, 0.25) is 0 Å². The van der Waals surface area contributed by atoms with Crippen molar-refractivity contribution in [1.29, 1.82) is 0 Å². The maximum absolute atomic E-state index is 6.46. The maximum atomic E-state index is 6.46. The number of morpholine rings is 1. The molecule has 3 atom stereocenters. The van der Waals surface area contributed by atoms with Gasteiger partial charge in [0.15, 0.2) is 0 Å². The van der Waals surface area contributed by atoms with E-state index in [0.29, 0.717) is 0 Å². The summed E-state index contributed by atoms with van der Waals surface area (Å²) in [4.78, 5) is 2.51.